The lowest BCUT2D eigenvalue weighted by Gasteiger charge is -2.56. The van der Waals surface area contributed by atoms with E-state index in [1.54, 1.807) is 0 Å². The van der Waals surface area contributed by atoms with Gasteiger partial charge < -0.3 is 15.2 Å². The summed E-state index contributed by atoms with van der Waals surface area (Å²) in [5.74, 6) is 1.55. The number of nitrogens with one attached hydrogen (secondary N) is 1. The molecule has 4 rings (SSSR count). The Balaban J connectivity index is 1.25. The molecule has 1 heterocycles. The number of aromatic nitrogens is 2. The van der Waals surface area contributed by atoms with Crippen LogP contribution in [0.25, 0.3) is 0 Å². The number of nitrogens with zero attached hydrogens (tertiary/aromatic N) is 2. The average Bonchev–Trinajstić information content (AvgIpc) is 2.92. The third-order valence-electron chi connectivity index (χ3n) is 6.37. The maximum atomic E-state index is 10.1. The van der Waals surface area contributed by atoms with Crippen LogP contribution in [0.4, 0.5) is 0 Å². The summed E-state index contributed by atoms with van der Waals surface area (Å²) < 4.78 is 7.84. The van der Waals surface area contributed by atoms with Gasteiger partial charge in [-0.1, -0.05) is 19.9 Å². The summed E-state index contributed by atoms with van der Waals surface area (Å²) in [5.41, 5.74) is 4.16. The highest BCUT2D eigenvalue weighted by molar-refractivity contribution is 5.23. The van der Waals surface area contributed by atoms with Crippen LogP contribution in [0.3, 0.4) is 0 Å². The maximum absolute atomic E-state index is 10.1. The molecular weight excluding hydrogens is 326 g/mol. The quantitative estimate of drug-likeness (QED) is 0.497. The Kier molecular flexibility index (Phi) is 6.21. The molecule has 0 aromatic carbocycles. The van der Waals surface area contributed by atoms with Crippen molar-refractivity contribution in [3.63, 3.8) is 0 Å². The lowest BCUT2D eigenvalue weighted by Crippen LogP contribution is -2.48. The number of fused-ring (bicyclic) bond motifs is 1. The Bertz CT molecular complexity index is 635. The minimum Gasteiger partial charge on any atom is -0.389 e. The SMILES string of the molecule is Cc1cc(C)n(CCCNCC(O)COCC2=CCC3CC2C3(C)C)n1. The predicted molar refractivity (Wildman–Crippen MR) is 104 cm³/mol. The first kappa shape index (κ1) is 19.6. The van der Waals surface area contributed by atoms with E-state index in [4.69, 9.17) is 4.74 Å². The number of aryl methyl sites for hydroxylation is 3. The van der Waals surface area contributed by atoms with Gasteiger partial charge >= 0.3 is 0 Å². The molecule has 26 heavy (non-hydrogen) atoms. The van der Waals surface area contributed by atoms with Crippen molar-refractivity contribution in [3.05, 3.63) is 29.1 Å². The summed E-state index contributed by atoms with van der Waals surface area (Å²) >= 11 is 0. The smallest absolute Gasteiger partial charge is 0.0897 e. The van der Waals surface area contributed by atoms with Crippen LogP contribution in [-0.4, -0.2) is 47.3 Å². The monoisotopic (exact) mass is 361 g/mol. The highest BCUT2D eigenvalue weighted by Crippen LogP contribution is 2.59. The first-order valence-corrected chi connectivity index (χ1v) is 10.0. The molecule has 5 heteroatoms. The van der Waals surface area contributed by atoms with Gasteiger partial charge in [0, 0.05) is 18.8 Å². The molecule has 0 aliphatic heterocycles. The summed E-state index contributed by atoms with van der Waals surface area (Å²) in [4.78, 5) is 0. The molecule has 0 radical (unpaired) electrons. The topological polar surface area (TPSA) is 59.3 Å². The number of hydrogen-bond acceptors (Lipinski definition) is 4. The van der Waals surface area contributed by atoms with Crippen molar-refractivity contribution in [2.24, 2.45) is 17.3 Å². The van der Waals surface area contributed by atoms with Gasteiger partial charge in [0.05, 0.1) is 25.0 Å². The lowest BCUT2D eigenvalue weighted by atomic mass is 9.49. The maximum Gasteiger partial charge on any atom is 0.0897 e. The van der Waals surface area contributed by atoms with E-state index in [1.165, 1.54) is 24.1 Å². The number of allylic oxidation sites excluding steroid dienone is 1. The Morgan fingerprint density at radius 2 is 2.23 bits per heavy atom. The fourth-order valence-corrected chi connectivity index (χ4v) is 4.54. The van der Waals surface area contributed by atoms with Gasteiger partial charge in [0.2, 0.25) is 0 Å². The van der Waals surface area contributed by atoms with Crippen molar-refractivity contribution in [1.29, 1.82) is 0 Å². The van der Waals surface area contributed by atoms with Crippen molar-refractivity contribution in [2.75, 3.05) is 26.3 Å². The molecule has 1 aromatic rings. The zero-order chi connectivity index (χ0) is 18.7. The number of ether oxygens (including phenoxy) is 1. The fourth-order valence-electron chi connectivity index (χ4n) is 4.54. The summed E-state index contributed by atoms with van der Waals surface area (Å²) in [6, 6.07) is 2.10. The van der Waals surface area contributed by atoms with Crippen molar-refractivity contribution in [1.82, 2.24) is 15.1 Å². The van der Waals surface area contributed by atoms with Crippen LogP contribution in [0.15, 0.2) is 17.7 Å². The molecule has 2 N–H and O–H groups in total. The van der Waals surface area contributed by atoms with Gasteiger partial charge in [-0.05, 0) is 68.5 Å². The Morgan fingerprint density at radius 3 is 2.88 bits per heavy atom. The molecule has 1 saturated carbocycles. The van der Waals surface area contributed by atoms with Gasteiger partial charge in [0.25, 0.3) is 0 Å². The summed E-state index contributed by atoms with van der Waals surface area (Å²) in [7, 11) is 0. The minimum absolute atomic E-state index is 0.401. The van der Waals surface area contributed by atoms with Crippen LogP contribution in [0.5, 0.6) is 0 Å². The van der Waals surface area contributed by atoms with Crippen molar-refractivity contribution >= 4 is 0 Å². The Labute approximate surface area is 157 Å². The van der Waals surface area contributed by atoms with Crippen molar-refractivity contribution in [3.8, 4) is 0 Å². The largest absolute Gasteiger partial charge is 0.389 e. The lowest BCUT2D eigenvalue weighted by molar-refractivity contribution is -0.0235. The van der Waals surface area contributed by atoms with Crippen LogP contribution < -0.4 is 5.32 Å². The minimum atomic E-state index is -0.449. The van der Waals surface area contributed by atoms with Crippen LogP contribution in [0, 0.1) is 31.1 Å². The van der Waals surface area contributed by atoms with Gasteiger partial charge in [0.15, 0.2) is 0 Å². The Morgan fingerprint density at radius 1 is 1.42 bits per heavy atom. The molecule has 3 aliphatic carbocycles. The molecule has 0 spiro atoms. The first-order valence-electron chi connectivity index (χ1n) is 10.0. The third-order valence-corrected chi connectivity index (χ3v) is 6.37. The molecule has 3 atom stereocenters. The van der Waals surface area contributed by atoms with Crippen molar-refractivity contribution in [2.45, 2.75) is 59.6 Å². The van der Waals surface area contributed by atoms with Gasteiger partial charge in [-0.25, -0.2) is 0 Å². The summed E-state index contributed by atoms with van der Waals surface area (Å²) in [6.45, 7) is 12.3. The van der Waals surface area contributed by atoms with Crippen LogP contribution in [0.2, 0.25) is 0 Å². The second kappa shape index (κ2) is 8.24. The van der Waals surface area contributed by atoms with E-state index >= 15 is 0 Å². The normalized spacial score (nSPS) is 24.9. The predicted octanol–water partition coefficient (Wildman–Crippen LogP) is 2.85. The van der Waals surface area contributed by atoms with E-state index in [0.29, 0.717) is 31.1 Å². The highest BCUT2D eigenvalue weighted by Gasteiger charge is 2.50. The summed E-state index contributed by atoms with van der Waals surface area (Å²) in [5, 5.41) is 17.9. The molecule has 146 valence electrons. The van der Waals surface area contributed by atoms with E-state index in [1.807, 2.05) is 11.6 Å². The zero-order valence-corrected chi connectivity index (χ0v) is 16.8. The molecule has 1 fully saturated rings. The van der Waals surface area contributed by atoms with E-state index in [2.05, 4.69) is 43.3 Å². The molecule has 3 unspecified atom stereocenters. The number of rotatable bonds is 10. The molecule has 0 amide bonds. The molecule has 2 bridgehead atoms. The van der Waals surface area contributed by atoms with Gasteiger partial charge in [0.1, 0.15) is 0 Å². The van der Waals surface area contributed by atoms with Crippen molar-refractivity contribution < 1.29 is 9.84 Å². The number of hydrogen-bond donors (Lipinski definition) is 2. The van der Waals surface area contributed by atoms with Crippen LogP contribution in [0.1, 0.15) is 44.5 Å². The second-order valence-electron chi connectivity index (χ2n) is 8.70. The standard InChI is InChI=1S/C21H35N3O2/c1-15-10-16(2)24(23-15)9-5-8-22-12-19(25)14-26-13-17-6-7-18-11-20(17)21(18,3)4/h6,10,18-20,22,25H,5,7-9,11-14H2,1-4H3. The summed E-state index contributed by atoms with van der Waals surface area (Å²) in [6.07, 6.45) is 5.44. The average molecular weight is 362 g/mol. The Hall–Kier alpha value is -1.17. The molecular formula is C21H35N3O2. The van der Waals surface area contributed by atoms with E-state index in [9.17, 15) is 5.11 Å². The zero-order valence-electron chi connectivity index (χ0n) is 16.8. The van der Waals surface area contributed by atoms with E-state index in [-0.39, 0.29) is 0 Å². The molecule has 3 aliphatic rings. The van der Waals surface area contributed by atoms with Crippen LogP contribution >= 0.6 is 0 Å². The number of aliphatic hydroxyl groups excluding tert-OH is 1. The van der Waals surface area contributed by atoms with Gasteiger partial charge in [-0.3, -0.25) is 4.68 Å². The van der Waals surface area contributed by atoms with E-state index < -0.39 is 6.10 Å². The first-order chi connectivity index (χ1) is 12.4. The van der Waals surface area contributed by atoms with E-state index in [0.717, 1.165) is 31.1 Å². The van der Waals surface area contributed by atoms with Gasteiger partial charge in [-0.15, -0.1) is 0 Å². The molecule has 1 aromatic heterocycles. The fraction of sp³-hybridized carbons (Fsp3) is 0.762. The second-order valence-corrected chi connectivity index (χ2v) is 8.70. The van der Waals surface area contributed by atoms with Gasteiger partial charge in [-0.2, -0.15) is 5.10 Å². The molecule has 5 nitrogen and oxygen atoms in total. The third kappa shape index (κ3) is 4.38. The highest BCUT2D eigenvalue weighted by atomic mass is 16.5. The number of aliphatic hydroxyl groups is 1. The van der Waals surface area contributed by atoms with Crippen LogP contribution in [-0.2, 0) is 11.3 Å². The molecule has 0 saturated heterocycles.